The molecule has 0 bridgehead atoms. The number of aryl methyl sites for hydroxylation is 2. The molecule has 9 heteroatoms. The first-order valence-electron chi connectivity index (χ1n) is 9.37. The molecule has 2 aromatic heterocycles. The number of aromatic nitrogens is 2. The summed E-state index contributed by atoms with van der Waals surface area (Å²) in [6.07, 6.45) is 5.39. The quantitative estimate of drug-likeness (QED) is 0.670. The van der Waals surface area contributed by atoms with Gasteiger partial charge in [-0.2, -0.15) is 5.26 Å². The Balaban J connectivity index is 1.69. The minimum Gasteiger partial charge on any atom is -0.361 e. The van der Waals surface area contributed by atoms with Crippen molar-refractivity contribution >= 4 is 23.8 Å². The summed E-state index contributed by atoms with van der Waals surface area (Å²) in [6, 6.07) is 2.10. The Morgan fingerprint density at radius 1 is 1.37 bits per heavy atom. The number of carbonyl (C=O) groups is 2. The maximum Gasteiger partial charge on any atom is 0.268 e. The number of carbonyl (C=O) groups excluding carboxylic acids is 2. The molecule has 2 aromatic rings. The molecule has 0 unspecified atom stereocenters. The van der Waals surface area contributed by atoms with Crippen molar-refractivity contribution in [3.8, 4) is 6.07 Å². The summed E-state index contributed by atoms with van der Waals surface area (Å²) in [7, 11) is 0. The third-order valence-electron chi connectivity index (χ3n) is 4.98. The van der Waals surface area contributed by atoms with Crippen LogP contribution in [0.5, 0.6) is 0 Å². The van der Waals surface area contributed by atoms with E-state index in [9.17, 15) is 18.4 Å². The number of hydrogen-bond acceptors (Lipinski definition) is 6. The zero-order valence-electron chi connectivity index (χ0n) is 16.6. The molecule has 3 rings (SSSR count). The topological polar surface area (TPSA) is 100 Å². The van der Waals surface area contributed by atoms with E-state index < -0.39 is 30.8 Å². The number of hydrogen-bond donors (Lipinski definition) is 0. The second-order valence-electron chi connectivity index (χ2n) is 7.18. The molecule has 0 spiro atoms. The van der Waals surface area contributed by atoms with Gasteiger partial charge in [0.05, 0.1) is 18.3 Å². The first kappa shape index (κ1) is 21.3. The van der Waals surface area contributed by atoms with Crippen molar-refractivity contribution < 1.29 is 22.9 Å². The van der Waals surface area contributed by atoms with Gasteiger partial charge >= 0.3 is 0 Å². The molecule has 0 N–H and O–H groups in total. The van der Waals surface area contributed by atoms with Gasteiger partial charge in [0.15, 0.2) is 5.78 Å². The van der Waals surface area contributed by atoms with Crippen LogP contribution in [-0.2, 0) is 4.79 Å². The maximum absolute atomic E-state index is 13.5. The van der Waals surface area contributed by atoms with Gasteiger partial charge < -0.3 is 9.42 Å². The van der Waals surface area contributed by atoms with Crippen molar-refractivity contribution in [2.45, 2.75) is 45.1 Å². The van der Waals surface area contributed by atoms with E-state index in [1.54, 1.807) is 38.1 Å². The number of Topliss-reactive ketones (excluding diaryl/α,β-unsaturated/α-hetero) is 1. The number of rotatable bonds is 6. The number of ketones is 1. The van der Waals surface area contributed by atoms with Gasteiger partial charge in [-0.15, -0.1) is 0 Å². The average molecular weight is 414 g/mol. The summed E-state index contributed by atoms with van der Waals surface area (Å²) in [5.41, 5.74) is 2.42. The van der Waals surface area contributed by atoms with E-state index in [0.717, 1.165) is 10.5 Å². The van der Waals surface area contributed by atoms with Crippen LogP contribution in [0.3, 0.4) is 0 Å². The van der Waals surface area contributed by atoms with Gasteiger partial charge in [-0.25, -0.2) is 8.78 Å². The highest BCUT2D eigenvalue weighted by molar-refractivity contribution is 6.01. The number of amides is 1. The van der Waals surface area contributed by atoms with Crippen LogP contribution < -0.4 is 0 Å². The number of alkyl halides is 2. The number of pyridine rings is 1. The van der Waals surface area contributed by atoms with Crippen LogP contribution in [0.2, 0.25) is 0 Å². The lowest BCUT2D eigenvalue weighted by molar-refractivity contribution is -0.132. The summed E-state index contributed by atoms with van der Waals surface area (Å²) in [6.45, 7) is 2.78. The standard InChI is InChI=1S/C21H20F2N4O3/c1-13-17(14(2)30-26-13)4-3-15-11-25-8-7-18(15)19(28)5-6-20(29)27-12-21(22,23)9-16(27)10-24/h3-4,7-8,11,16H,5-6,9,12H2,1-2H3/b4-3+/t16-/m0/s1. The first-order valence-corrected chi connectivity index (χ1v) is 9.37. The van der Waals surface area contributed by atoms with Gasteiger partial charge in [0.25, 0.3) is 5.92 Å². The lowest BCUT2D eigenvalue weighted by Gasteiger charge is -2.18. The summed E-state index contributed by atoms with van der Waals surface area (Å²) < 4.78 is 32.2. The van der Waals surface area contributed by atoms with Crippen LogP contribution in [0.15, 0.2) is 23.0 Å². The van der Waals surface area contributed by atoms with E-state index >= 15 is 0 Å². The molecule has 1 atom stereocenters. The molecular weight excluding hydrogens is 394 g/mol. The van der Waals surface area contributed by atoms with Crippen molar-refractivity contribution in [1.29, 1.82) is 5.26 Å². The summed E-state index contributed by atoms with van der Waals surface area (Å²) in [5.74, 6) is -3.39. The van der Waals surface area contributed by atoms with Crippen molar-refractivity contribution in [1.82, 2.24) is 15.0 Å². The molecule has 0 aliphatic carbocycles. The molecule has 30 heavy (non-hydrogen) atoms. The third kappa shape index (κ3) is 4.59. The van der Waals surface area contributed by atoms with E-state index in [4.69, 9.17) is 9.78 Å². The zero-order valence-corrected chi connectivity index (χ0v) is 16.6. The largest absolute Gasteiger partial charge is 0.361 e. The van der Waals surface area contributed by atoms with Crippen LogP contribution in [0.4, 0.5) is 8.78 Å². The highest BCUT2D eigenvalue weighted by Gasteiger charge is 2.47. The fourth-order valence-corrected chi connectivity index (χ4v) is 3.39. The fourth-order valence-electron chi connectivity index (χ4n) is 3.39. The SMILES string of the molecule is Cc1noc(C)c1/C=C/c1cnccc1C(=O)CCC(=O)N1CC(F)(F)C[C@H]1C#N. The Labute approximate surface area is 172 Å². The van der Waals surface area contributed by atoms with Crippen LogP contribution >= 0.6 is 0 Å². The Hall–Kier alpha value is -3.41. The van der Waals surface area contributed by atoms with Crippen molar-refractivity contribution in [3.05, 3.63) is 46.6 Å². The monoisotopic (exact) mass is 414 g/mol. The molecule has 7 nitrogen and oxygen atoms in total. The number of nitrogens with zero attached hydrogens (tertiary/aromatic N) is 4. The van der Waals surface area contributed by atoms with Crippen molar-refractivity contribution in [3.63, 3.8) is 0 Å². The van der Waals surface area contributed by atoms with Crippen molar-refractivity contribution in [2.75, 3.05) is 6.54 Å². The Morgan fingerprint density at radius 2 is 2.13 bits per heavy atom. The lowest BCUT2D eigenvalue weighted by Crippen LogP contribution is -2.36. The van der Waals surface area contributed by atoms with E-state index in [2.05, 4.69) is 10.1 Å². The Bertz CT molecular complexity index is 1020. The van der Waals surface area contributed by atoms with Gasteiger partial charge in [-0.3, -0.25) is 14.6 Å². The van der Waals surface area contributed by atoms with E-state index in [1.807, 2.05) is 0 Å². The second kappa shape index (κ2) is 8.53. The molecule has 0 aromatic carbocycles. The molecule has 1 amide bonds. The molecule has 1 fully saturated rings. The van der Waals surface area contributed by atoms with Gasteiger partial charge in [0, 0.05) is 48.3 Å². The molecule has 156 valence electrons. The number of likely N-dealkylation sites (tertiary alicyclic amines) is 1. The number of halogens is 2. The van der Waals surface area contributed by atoms with Gasteiger partial charge in [0.2, 0.25) is 5.91 Å². The minimum absolute atomic E-state index is 0.158. The molecule has 1 aliphatic rings. The van der Waals surface area contributed by atoms with Crippen LogP contribution in [-0.4, -0.2) is 45.2 Å². The molecule has 0 radical (unpaired) electrons. The predicted molar refractivity (Wildman–Crippen MR) is 103 cm³/mol. The molecule has 1 aliphatic heterocycles. The summed E-state index contributed by atoms with van der Waals surface area (Å²) in [5, 5.41) is 12.9. The third-order valence-corrected chi connectivity index (χ3v) is 4.98. The highest BCUT2D eigenvalue weighted by atomic mass is 19.3. The first-order chi connectivity index (χ1) is 14.2. The zero-order chi connectivity index (χ0) is 21.9. The smallest absolute Gasteiger partial charge is 0.268 e. The van der Waals surface area contributed by atoms with Gasteiger partial charge in [-0.05, 0) is 26.0 Å². The molecular formula is C21H20F2N4O3. The normalized spacial score (nSPS) is 18.0. The lowest BCUT2D eigenvalue weighted by atomic mass is 10.0. The summed E-state index contributed by atoms with van der Waals surface area (Å²) in [4.78, 5) is 29.9. The predicted octanol–water partition coefficient (Wildman–Crippen LogP) is 3.58. The molecule has 1 saturated heterocycles. The van der Waals surface area contributed by atoms with Crippen LogP contribution in [0.25, 0.3) is 12.2 Å². The average Bonchev–Trinajstić information content (AvgIpc) is 3.22. The van der Waals surface area contributed by atoms with E-state index in [1.165, 1.54) is 12.4 Å². The van der Waals surface area contributed by atoms with E-state index in [0.29, 0.717) is 22.6 Å². The Morgan fingerprint density at radius 3 is 2.80 bits per heavy atom. The van der Waals surface area contributed by atoms with Crippen LogP contribution in [0, 0.1) is 25.2 Å². The van der Waals surface area contributed by atoms with E-state index in [-0.39, 0.29) is 18.6 Å². The van der Waals surface area contributed by atoms with Gasteiger partial charge in [-0.1, -0.05) is 11.2 Å². The molecule has 0 saturated carbocycles. The second-order valence-corrected chi connectivity index (χ2v) is 7.18. The number of nitriles is 1. The highest BCUT2D eigenvalue weighted by Crippen LogP contribution is 2.32. The maximum atomic E-state index is 13.5. The summed E-state index contributed by atoms with van der Waals surface area (Å²) >= 11 is 0. The minimum atomic E-state index is -3.08. The van der Waals surface area contributed by atoms with Crippen LogP contribution in [0.1, 0.15) is 52.2 Å². The fraction of sp³-hybridized carbons (Fsp3) is 0.381. The van der Waals surface area contributed by atoms with Gasteiger partial charge in [0.1, 0.15) is 11.8 Å². The Kier molecular flexibility index (Phi) is 6.06. The van der Waals surface area contributed by atoms with Crippen molar-refractivity contribution in [2.24, 2.45) is 0 Å². The molecule has 3 heterocycles.